The highest BCUT2D eigenvalue weighted by atomic mass is 14.9. The van der Waals surface area contributed by atoms with Crippen molar-refractivity contribution in [2.45, 2.75) is 32.1 Å². The van der Waals surface area contributed by atoms with E-state index < -0.39 is 0 Å². The zero-order valence-corrected chi connectivity index (χ0v) is 8.13. The van der Waals surface area contributed by atoms with Gasteiger partial charge in [-0.1, -0.05) is 32.1 Å². The Hall–Kier alpha value is -0.550. The molecule has 0 amide bonds. The zero-order valence-electron chi connectivity index (χ0n) is 8.13. The maximum Gasteiger partial charge on any atom is 0.0672 e. The monoisotopic (exact) mass is 178 g/mol. The van der Waals surface area contributed by atoms with Crippen LogP contribution < -0.4 is 5.32 Å². The first-order valence-electron chi connectivity index (χ1n) is 5.52. The molecule has 1 aliphatic heterocycles. The predicted octanol–water partition coefficient (Wildman–Crippen LogP) is 1.93. The average Bonchev–Trinajstić information content (AvgIpc) is 2.67. The van der Waals surface area contributed by atoms with Crippen molar-refractivity contribution in [2.24, 2.45) is 17.8 Å². The molecule has 13 heavy (non-hydrogen) atoms. The van der Waals surface area contributed by atoms with E-state index in [1.165, 1.54) is 32.1 Å². The first-order valence-corrected chi connectivity index (χ1v) is 5.52. The highest BCUT2D eigenvalue weighted by molar-refractivity contribution is 4.97. The van der Waals surface area contributed by atoms with Gasteiger partial charge in [-0.25, -0.2) is 0 Å². The summed E-state index contributed by atoms with van der Waals surface area (Å²) in [6.45, 7) is 2.01. The van der Waals surface area contributed by atoms with Crippen LogP contribution in [-0.4, -0.2) is 13.1 Å². The molecular weight excluding hydrogens is 160 g/mol. The molecule has 0 aromatic carbocycles. The summed E-state index contributed by atoms with van der Waals surface area (Å²) in [6, 6.07) is 2.45. The Kier molecular flexibility index (Phi) is 2.85. The molecule has 1 heterocycles. The van der Waals surface area contributed by atoms with Gasteiger partial charge in [0.15, 0.2) is 0 Å². The molecule has 0 bridgehead atoms. The van der Waals surface area contributed by atoms with Crippen molar-refractivity contribution in [3.63, 3.8) is 0 Å². The number of rotatable bonds is 1. The molecule has 1 saturated carbocycles. The third kappa shape index (κ3) is 1.86. The molecule has 2 heteroatoms. The lowest BCUT2D eigenvalue weighted by Gasteiger charge is -2.28. The first-order chi connectivity index (χ1) is 6.42. The van der Waals surface area contributed by atoms with E-state index in [0.29, 0.717) is 11.8 Å². The minimum absolute atomic E-state index is 0.295. The maximum absolute atomic E-state index is 8.98. The molecule has 2 atom stereocenters. The van der Waals surface area contributed by atoms with Crippen molar-refractivity contribution in [3.8, 4) is 6.07 Å². The molecular formula is C11H18N2. The second kappa shape index (κ2) is 4.11. The quantitative estimate of drug-likeness (QED) is 0.666. The standard InChI is InChI=1S/C11H18N2/c12-6-10-7-13-8-11(10)9-4-2-1-3-5-9/h9-11,13H,1-5,7-8H2/t10-,11?/m0/s1. The number of hydrogen-bond acceptors (Lipinski definition) is 2. The molecule has 2 rings (SSSR count). The summed E-state index contributed by atoms with van der Waals surface area (Å²) >= 11 is 0. The number of nitrogens with zero attached hydrogens (tertiary/aromatic N) is 1. The maximum atomic E-state index is 8.98. The lowest BCUT2D eigenvalue weighted by atomic mass is 9.76. The van der Waals surface area contributed by atoms with E-state index in [1.54, 1.807) is 0 Å². The summed E-state index contributed by atoms with van der Waals surface area (Å²) in [7, 11) is 0. The molecule has 1 unspecified atom stereocenters. The van der Waals surface area contributed by atoms with Gasteiger partial charge in [0.1, 0.15) is 0 Å². The molecule has 0 radical (unpaired) electrons. The molecule has 2 aliphatic rings. The predicted molar refractivity (Wildman–Crippen MR) is 52.0 cm³/mol. The molecule has 0 spiro atoms. The van der Waals surface area contributed by atoms with Gasteiger partial charge in [0.2, 0.25) is 0 Å². The van der Waals surface area contributed by atoms with E-state index >= 15 is 0 Å². The minimum Gasteiger partial charge on any atom is -0.315 e. The van der Waals surface area contributed by atoms with Crippen molar-refractivity contribution in [1.29, 1.82) is 5.26 Å². The summed E-state index contributed by atoms with van der Waals surface area (Å²) < 4.78 is 0. The van der Waals surface area contributed by atoms with Gasteiger partial charge in [-0.3, -0.25) is 0 Å². The Morgan fingerprint density at radius 2 is 1.85 bits per heavy atom. The van der Waals surface area contributed by atoms with E-state index in [1.807, 2.05) is 0 Å². The number of nitriles is 1. The van der Waals surface area contributed by atoms with Gasteiger partial charge < -0.3 is 5.32 Å². The molecule has 0 aromatic rings. The van der Waals surface area contributed by atoms with Gasteiger partial charge in [0.25, 0.3) is 0 Å². The molecule has 2 fully saturated rings. The average molecular weight is 178 g/mol. The van der Waals surface area contributed by atoms with E-state index in [9.17, 15) is 0 Å². The summed E-state index contributed by atoms with van der Waals surface area (Å²) in [5, 5.41) is 12.3. The molecule has 1 aliphatic carbocycles. The lowest BCUT2D eigenvalue weighted by molar-refractivity contribution is 0.240. The normalized spacial score (nSPS) is 35.9. The van der Waals surface area contributed by atoms with Crippen LogP contribution in [0.4, 0.5) is 0 Å². The molecule has 1 N–H and O–H groups in total. The van der Waals surface area contributed by atoms with Crippen LogP contribution in [0.1, 0.15) is 32.1 Å². The summed E-state index contributed by atoms with van der Waals surface area (Å²) in [4.78, 5) is 0. The van der Waals surface area contributed by atoms with Crippen LogP contribution in [0.2, 0.25) is 0 Å². The van der Waals surface area contributed by atoms with E-state index in [2.05, 4.69) is 11.4 Å². The van der Waals surface area contributed by atoms with Crippen molar-refractivity contribution >= 4 is 0 Å². The van der Waals surface area contributed by atoms with Crippen molar-refractivity contribution in [2.75, 3.05) is 13.1 Å². The van der Waals surface area contributed by atoms with Crippen LogP contribution in [0.15, 0.2) is 0 Å². The van der Waals surface area contributed by atoms with Gasteiger partial charge in [-0.05, 0) is 18.4 Å². The van der Waals surface area contributed by atoms with Gasteiger partial charge in [-0.15, -0.1) is 0 Å². The fraction of sp³-hybridized carbons (Fsp3) is 0.909. The number of nitrogens with one attached hydrogen (secondary N) is 1. The van der Waals surface area contributed by atoms with Crippen LogP contribution in [0.25, 0.3) is 0 Å². The van der Waals surface area contributed by atoms with Crippen molar-refractivity contribution in [1.82, 2.24) is 5.32 Å². The SMILES string of the molecule is N#C[C@H]1CNCC1C1CCCCC1. The van der Waals surface area contributed by atoms with Gasteiger partial charge in [0.05, 0.1) is 12.0 Å². The largest absolute Gasteiger partial charge is 0.315 e. The van der Waals surface area contributed by atoms with Gasteiger partial charge in [-0.2, -0.15) is 5.26 Å². The summed E-state index contributed by atoms with van der Waals surface area (Å²) in [5.41, 5.74) is 0. The lowest BCUT2D eigenvalue weighted by Crippen LogP contribution is -2.24. The van der Waals surface area contributed by atoms with E-state index in [4.69, 9.17) is 5.26 Å². The molecule has 1 saturated heterocycles. The third-order valence-electron chi connectivity index (χ3n) is 3.68. The van der Waals surface area contributed by atoms with Gasteiger partial charge >= 0.3 is 0 Å². The van der Waals surface area contributed by atoms with Crippen LogP contribution in [0.5, 0.6) is 0 Å². The molecule has 72 valence electrons. The molecule has 0 aromatic heterocycles. The van der Waals surface area contributed by atoms with Crippen molar-refractivity contribution in [3.05, 3.63) is 0 Å². The summed E-state index contributed by atoms with van der Waals surface area (Å²) in [5.74, 6) is 1.79. The second-order valence-electron chi connectivity index (χ2n) is 4.46. The van der Waals surface area contributed by atoms with E-state index in [0.717, 1.165) is 19.0 Å². The topological polar surface area (TPSA) is 35.8 Å². The fourth-order valence-electron chi connectivity index (χ4n) is 2.90. The Morgan fingerprint density at radius 1 is 1.08 bits per heavy atom. The highest BCUT2D eigenvalue weighted by Crippen LogP contribution is 2.35. The zero-order chi connectivity index (χ0) is 9.10. The Bertz CT molecular complexity index is 201. The smallest absolute Gasteiger partial charge is 0.0672 e. The highest BCUT2D eigenvalue weighted by Gasteiger charge is 2.33. The fourth-order valence-corrected chi connectivity index (χ4v) is 2.90. The van der Waals surface area contributed by atoms with E-state index in [-0.39, 0.29) is 0 Å². The molecule has 2 nitrogen and oxygen atoms in total. The number of hydrogen-bond donors (Lipinski definition) is 1. The van der Waals surface area contributed by atoms with Gasteiger partial charge in [0, 0.05) is 6.54 Å². The first kappa shape index (κ1) is 9.02. The Labute approximate surface area is 80.3 Å². The van der Waals surface area contributed by atoms with Crippen LogP contribution >= 0.6 is 0 Å². The van der Waals surface area contributed by atoms with Crippen LogP contribution in [-0.2, 0) is 0 Å². The van der Waals surface area contributed by atoms with Crippen molar-refractivity contribution < 1.29 is 0 Å². The van der Waals surface area contributed by atoms with Crippen LogP contribution in [0, 0.1) is 29.1 Å². The van der Waals surface area contributed by atoms with Crippen LogP contribution in [0.3, 0.4) is 0 Å². The summed E-state index contributed by atoms with van der Waals surface area (Å²) in [6.07, 6.45) is 6.92. The Balaban J connectivity index is 1.94. The second-order valence-corrected chi connectivity index (χ2v) is 4.46. The minimum atomic E-state index is 0.295. The Morgan fingerprint density at radius 3 is 2.54 bits per heavy atom. The third-order valence-corrected chi connectivity index (χ3v) is 3.68.